The summed E-state index contributed by atoms with van der Waals surface area (Å²) in [5.74, 6) is -0.705. The predicted octanol–water partition coefficient (Wildman–Crippen LogP) is 2.60. The van der Waals surface area contributed by atoms with Crippen LogP contribution in [0.2, 0.25) is 0 Å². The molecule has 3 heterocycles. The van der Waals surface area contributed by atoms with Crippen molar-refractivity contribution >= 4 is 29.0 Å². The molecule has 0 fully saturated rings. The molecular weight excluding hydrogens is 330 g/mol. The number of rotatable bonds is 5. The third-order valence-corrected chi connectivity index (χ3v) is 4.39. The monoisotopic (exact) mass is 345 g/mol. The number of carbonyl (C=O) groups excluding carboxylic acids is 2. The van der Waals surface area contributed by atoms with Crippen LogP contribution in [0.3, 0.4) is 0 Å². The van der Waals surface area contributed by atoms with E-state index in [-0.39, 0.29) is 5.82 Å². The van der Waals surface area contributed by atoms with Gasteiger partial charge >= 0.3 is 11.8 Å². The second-order valence-corrected chi connectivity index (χ2v) is 6.23. The van der Waals surface area contributed by atoms with Crippen molar-refractivity contribution in [3.8, 4) is 10.4 Å². The SMILES string of the molecule is Cc1cc(NC(=O)C(=O)NCCc2ccc(-c3ccoc3)s2)no1. The largest absolute Gasteiger partial charge is 0.472 e. The van der Waals surface area contributed by atoms with E-state index in [4.69, 9.17) is 8.94 Å². The summed E-state index contributed by atoms with van der Waals surface area (Å²) in [4.78, 5) is 25.7. The van der Waals surface area contributed by atoms with Gasteiger partial charge < -0.3 is 14.3 Å². The fourth-order valence-electron chi connectivity index (χ4n) is 2.05. The van der Waals surface area contributed by atoms with Crippen molar-refractivity contribution < 1.29 is 18.5 Å². The minimum atomic E-state index is -0.770. The van der Waals surface area contributed by atoms with E-state index in [9.17, 15) is 9.59 Å². The maximum absolute atomic E-state index is 11.7. The number of nitrogens with zero attached hydrogens (tertiary/aromatic N) is 1. The number of furan rings is 1. The maximum atomic E-state index is 11.7. The summed E-state index contributed by atoms with van der Waals surface area (Å²) in [6.45, 7) is 2.07. The van der Waals surface area contributed by atoms with Gasteiger partial charge in [-0.3, -0.25) is 14.9 Å². The molecule has 0 aromatic carbocycles. The van der Waals surface area contributed by atoms with Gasteiger partial charge in [-0.15, -0.1) is 11.3 Å². The Hall–Kier alpha value is -2.87. The summed E-state index contributed by atoms with van der Waals surface area (Å²) in [6, 6.07) is 7.44. The highest BCUT2D eigenvalue weighted by Crippen LogP contribution is 2.28. The van der Waals surface area contributed by atoms with Crippen molar-refractivity contribution in [3.05, 3.63) is 47.4 Å². The molecule has 7 nitrogen and oxygen atoms in total. The van der Waals surface area contributed by atoms with Crippen LogP contribution in [0.1, 0.15) is 10.6 Å². The van der Waals surface area contributed by atoms with Gasteiger partial charge in [-0.2, -0.15) is 0 Å². The number of carbonyl (C=O) groups is 2. The van der Waals surface area contributed by atoms with Gasteiger partial charge in [0.05, 0.1) is 12.5 Å². The smallest absolute Gasteiger partial charge is 0.314 e. The van der Waals surface area contributed by atoms with Gasteiger partial charge in [0.15, 0.2) is 5.82 Å². The van der Waals surface area contributed by atoms with Gasteiger partial charge in [0, 0.05) is 27.9 Å². The molecule has 0 saturated heterocycles. The van der Waals surface area contributed by atoms with Crippen molar-refractivity contribution in [2.24, 2.45) is 0 Å². The number of nitrogens with one attached hydrogen (secondary N) is 2. The predicted molar refractivity (Wildman–Crippen MR) is 88.6 cm³/mol. The Morgan fingerprint density at radius 2 is 2.12 bits per heavy atom. The molecule has 2 N–H and O–H groups in total. The van der Waals surface area contributed by atoms with E-state index in [1.54, 1.807) is 30.8 Å². The van der Waals surface area contributed by atoms with Crippen LogP contribution >= 0.6 is 11.3 Å². The van der Waals surface area contributed by atoms with Crippen LogP contribution in [-0.2, 0) is 16.0 Å². The molecule has 0 aliphatic rings. The summed E-state index contributed by atoms with van der Waals surface area (Å²) >= 11 is 1.62. The molecule has 3 rings (SSSR count). The molecule has 0 unspecified atom stereocenters. The molecule has 0 bridgehead atoms. The first kappa shape index (κ1) is 16.0. The lowest BCUT2D eigenvalue weighted by Crippen LogP contribution is -2.36. The number of thiophene rings is 1. The van der Waals surface area contributed by atoms with E-state index in [1.807, 2.05) is 18.2 Å². The fourth-order valence-corrected chi connectivity index (χ4v) is 3.04. The Morgan fingerprint density at radius 1 is 1.25 bits per heavy atom. The molecule has 24 heavy (non-hydrogen) atoms. The molecule has 0 saturated carbocycles. The van der Waals surface area contributed by atoms with Crippen molar-refractivity contribution in [1.29, 1.82) is 0 Å². The number of hydrogen-bond donors (Lipinski definition) is 2. The van der Waals surface area contributed by atoms with Crippen LogP contribution in [0.25, 0.3) is 10.4 Å². The number of hydrogen-bond acceptors (Lipinski definition) is 6. The van der Waals surface area contributed by atoms with Crippen molar-refractivity contribution in [2.75, 3.05) is 11.9 Å². The Kier molecular flexibility index (Phi) is 4.76. The van der Waals surface area contributed by atoms with Crippen molar-refractivity contribution in [2.45, 2.75) is 13.3 Å². The number of aromatic nitrogens is 1. The first-order valence-electron chi connectivity index (χ1n) is 7.25. The first-order valence-corrected chi connectivity index (χ1v) is 8.07. The van der Waals surface area contributed by atoms with Crippen LogP contribution < -0.4 is 10.6 Å². The van der Waals surface area contributed by atoms with E-state index in [2.05, 4.69) is 15.8 Å². The minimum Gasteiger partial charge on any atom is -0.472 e. The highest BCUT2D eigenvalue weighted by atomic mass is 32.1. The zero-order chi connectivity index (χ0) is 16.9. The topological polar surface area (TPSA) is 97.4 Å². The summed E-state index contributed by atoms with van der Waals surface area (Å²) in [7, 11) is 0. The van der Waals surface area contributed by atoms with Gasteiger partial charge in [-0.1, -0.05) is 5.16 Å². The Bertz CT molecular complexity index is 835. The second kappa shape index (κ2) is 7.14. The van der Waals surface area contributed by atoms with E-state index in [0.29, 0.717) is 18.7 Å². The molecule has 0 radical (unpaired) electrons. The van der Waals surface area contributed by atoms with Gasteiger partial charge in [0.1, 0.15) is 5.76 Å². The van der Waals surface area contributed by atoms with E-state index in [1.165, 1.54) is 6.07 Å². The minimum absolute atomic E-state index is 0.218. The van der Waals surface area contributed by atoms with Gasteiger partial charge in [-0.25, -0.2) is 0 Å². The molecule has 0 spiro atoms. The van der Waals surface area contributed by atoms with Gasteiger partial charge in [-0.05, 0) is 31.5 Å². The highest BCUT2D eigenvalue weighted by Gasteiger charge is 2.15. The summed E-state index contributed by atoms with van der Waals surface area (Å²) in [5.41, 5.74) is 1.03. The standard InChI is InChI=1S/C16H15N3O4S/c1-10-8-14(19-23-10)18-16(21)15(20)17-6-4-12-2-3-13(24-12)11-5-7-22-9-11/h2-3,5,7-9H,4,6H2,1H3,(H,17,20)(H,18,19,21). The average Bonchev–Trinajstić information content (AvgIpc) is 3.28. The second-order valence-electron chi connectivity index (χ2n) is 5.06. The lowest BCUT2D eigenvalue weighted by Gasteiger charge is -2.03. The quantitative estimate of drug-likeness (QED) is 0.693. The van der Waals surface area contributed by atoms with Crippen molar-refractivity contribution in [1.82, 2.24) is 10.5 Å². The lowest BCUT2D eigenvalue weighted by atomic mass is 10.3. The molecule has 0 aliphatic heterocycles. The van der Waals surface area contributed by atoms with Gasteiger partial charge in [0.25, 0.3) is 0 Å². The van der Waals surface area contributed by atoms with E-state index in [0.717, 1.165) is 15.3 Å². The number of aryl methyl sites for hydroxylation is 1. The normalized spacial score (nSPS) is 10.5. The Labute approximate surface area is 141 Å². The Balaban J connectivity index is 1.46. The van der Waals surface area contributed by atoms with Crippen LogP contribution in [0, 0.1) is 6.92 Å². The molecule has 8 heteroatoms. The third kappa shape index (κ3) is 3.90. The van der Waals surface area contributed by atoms with Crippen LogP contribution in [0.4, 0.5) is 5.82 Å². The van der Waals surface area contributed by atoms with Gasteiger partial charge in [0.2, 0.25) is 0 Å². The molecule has 124 valence electrons. The summed E-state index contributed by atoms with van der Waals surface area (Å²) in [6.07, 6.45) is 3.96. The van der Waals surface area contributed by atoms with Crippen LogP contribution in [0.15, 0.2) is 45.7 Å². The van der Waals surface area contributed by atoms with Crippen molar-refractivity contribution in [3.63, 3.8) is 0 Å². The molecule has 0 atom stereocenters. The molecule has 3 aromatic rings. The van der Waals surface area contributed by atoms with E-state index >= 15 is 0 Å². The molecule has 2 amide bonds. The first-order chi connectivity index (χ1) is 11.6. The van der Waals surface area contributed by atoms with Crippen LogP contribution in [0.5, 0.6) is 0 Å². The molecule has 0 aliphatic carbocycles. The highest BCUT2D eigenvalue weighted by molar-refractivity contribution is 7.15. The number of anilines is 1. The summed E-state index contributed by atoms with van der Waals surface area (Å²) < 4.78 is 9.88. The lowest BCUT2D eigenvalue weighted by molar-refractivity contribution is -0.136. The number of amides is 2. The zero-order valence-corrected chi connectivity index (χ0v) is 13.7. The zero-order valence-electron chi connectivity index (χ0n) is 12.9. The van der Waals surface area contributed by atoms with Crippen LogP contribution in [-0.4, -0.2) is 23.5 Å². The Morgan fingerprint density at radius 3 is 2.83 bits per heavy atom. The van der Waals surface area contributed by atoms with E-state index < -0.39 is 11.8 Å². The average molecular weight is 345 g/mol. The fraction of sp³-hybridized carbons (Fsp3) is 0.188. The third-order valence-electron chi connectivity index (χ3n) is 3.20. The molecular formula is C16H15N3O4S. The molecule has 3 aromatic heterocycles. The maximum Gasteiger partial charge on any atom is 0.314 e. The summed E-state index contributed by atoms with van der Waals surface area (Å²) in [5, 5.41) is 8.55.